The van der Waals surface area contributed by atoms with Gasteiger partial charge in [0.15, 0.2) is 5.13 Å². The zero-order valence-corrected chi connectivity index (χ0v) is 9.39. The molecule has 0 aromatic carbocycles. The Bertz CT molecular complexity index is 453. The lowest BCUT2D eigenvalue weighted by Crippen LogP contribution is -2.21. The Balaban J connectivity index is 2.69. The van der Waals surface area contributed by atoms with Crippen LogP contribution in [0.4, 0.5) is 5.13 Å². The fourth-order valence-electron chi connectivity index (χ4n) is 0.777. The Morgan fingerprint density at radius 1 is 1.73 bits per heavy atom. The maximum atomic E-state index is 10.9. The van der Waals surface area contributed by atoms with Crippen molar-refractivity contribution in [1.29, 1.82) is 0 Å². The van der Waals surface area contributed by atoms with Crippen molar-refractivity contribution in [3.8, 4) is 0 Å². The van der Waals surface area contributed by atoms with Gasteiger partial charge in [0.25, 0.3) is 10.2 Å². The van der Waals surface area contributed by atoms with E-state index in [4.69, 9.17) is 5.14 Å². The van der Waals surface area contributed by atoms with Crippen LogP contribution >= 0.6 is 11.3 Å². The summed E-state index contributed by atoms with van der Waals surface area (Å²) in [5.41, 5.74) is 0.429. The van der Waals surface area contributed by atoms with Crippen LogP contribution in [0, 0.1) is 0 Å². The third-order valence-electron chi connectivity index (χ3n) is 1.33. The molecule has 0 saturated heterocycles. The molecule has 0 aliphatic rings. The van der Waals surface area contributed by atoms with E-state index in [1.54, 1.807) is 5.38 Å². The van der Waals surface area contributed by atoms with Crippen LogP contribution in [0.1, 0.15) is 5.69 Å². The van der Waals surface area contributed by atoms with E-state index in [0.717, 1.165) is 11.3 Å². The molecule has 1 rings (SSSR count). The first-order chi connectivity index (χ1) is 6.90. The Morgan fingerprint density at radius 3 is 2.93 bits per heavy atom. The number of anilines is 1. The van der Waals surface area contributed by atoms with Gasteiger partial charge in [0, 0.05) is 5.38 Å². The average molecular weight is 251 g/mol. The molecule has 9 heteroatoms. The number of thiazole rings is 1. The zero-order chi connectivity index (χ0) is 11.5. The van der Waals surface area contributed by atoms with Gasteiger partial charge in [0.1, 0.15) is 0 Å². The smallest absolute Gasteiger partial charge is 0.311 e. The second-order valence-electron chi connectivity index (χ2n) is 2.54. The molecule has 84 valence electrons. The molecule has 0 bridgehead atoms. The third kappa shape index (κ3) is 4.23. The normalized spacial score (nSPS) is 11.1. The molecule has 0 unspecified atom stereocenters. The molecule has 1 aromatic rings. The summed E-state index contributed by atoms with van der Waals surface area (Å²) >= 11 is 1.04. The second-order valence-corrected chi connectivity index (χ2v) is 4.70. The summed E-state index contributed by atoms with van der Waals surface area (Å²) in [5, 5.41) is 6.41. The Labute approximate surface area is 90.4 Å². The van der Waals surface area contributed by atoms with Crippen LogP contribution in [0.5, 0.6) is 0 Å². The van der Waals surface area contributed by atoms with Crippen molar-refractivity contribution in [3.63, 3.8) is 0 Å². The maximum absolute atomic E-state index is 10.9. The minimum atomic E-state index is -3.82. The highest BCUT2D eigenvalue weighted by Gasteiger charge is 2.10. The number of rotatable bonds is 4. The molecular formula is C6H9N3O4S2. The van der Waals surface area contributed by atoms with E-state index in [1.165, 1.54) is 7.11 Å². The number of carbonyl (C=O) groups is 1. The average Bonchev–Trinajstić information content (AvgIpc) is 2.49. The molecule has 0 saturated carbocycles. The number of aromatic nitrogens is 1. The Morgan fingerprint density at radius 2 is 2.40 bits per heavy atom. The first-order valence-corrected chi connectivity index (χ1v) is 6.15. The number of hydrogen-bond donors (Lipinski definition) is 2. The quantitative estimate of drug-likeness (QED) is 0.699. The number of nitrogens with two attached hydrogens (primary N) is 1. The van der Waals surface area contributed by atoms with Gasteiger partial charge < -0.3 is 4.74 Å². The van der Waals surface area contributed by atoms with E-state index in [0.29, 0.717) is 5.69 Å². The summed E-state index contributed by atoms with van der Waals surface area (Å²) < 4.78 is 27.7. The van der Waals surface area contributed by atoms with Crippen LogP contribution < -0.4 is 9.86 Å². The van der Waals surface area contributed by atoms with Crippen LogP contribution in [0.15, 0.2) is 5.38 Å². The molecule has 0 atom stereocenters. The third-order valence-corrected chi connectivity index (χ3v) is 2.75. The highest BCUT2D eigenvalue weighted by Crippen LogP contribution is 2.16. The van der Waals surface area contributed by atoms with Crippen molar-refractivity contribution in [3.05, 3.63) is 11.1 Å². The minimum Gasteiger partial charge on any atom is -0.469 e. The fourth-order valence-corrected chi connectivity index (χ4v) is 2.16. The summed E-state index contributed by atoms with van der Waals surface area (Å²) in [5.74, 6) is -0.442. The van der Waals surface area contributed by atoms with E-state index in [9.17, 15) is 13.2 Å². The van der Waals surface area contributed by atoms with E-state index in [1.807, 2.05) is 4.72 Å². The van der Waals surface area contributed by atoms with Gasteiger partial charge in [0.2, 0.25) is 0 Å². The summed E-state index contributed by atoms with van der Waals surface area (Å²) in [6, 6.07) is 0. The van der Waals surface area contributed by atoms with Crippen LogP contribution in [0.3, 0.4) is 0 Å². The van der Waals surface area contributed by atoms with Gasteiger partial charge in [-0.15, -0.1) is 11.3 Å². The van der Waals surface area contributed by atoms with E-state index >= 15 is 0 Å². The fraction of sp³-hybridized carbons (Fsp3) is 0.333. The first-order valence-electron chi connectivity index (χ1n) is 3.72. The molecule has 0 aliphatic carbocycles. The van der Waals surface area contributed by atoms with Crippen molar-refractivity contribution in [1.82, 2.24) is 4.98 Å². The lowest BCUT2D eigenvalue weighted by molar-refractivity contribution is -0.139. The van der Waals surface area contributed by atoms with Gasteiger partial charge in [-0.25, -0.2) is 14.8 Å². The SMILES string of the molecule is COC(=O)Cc1csc(NS(N)(=O)=O)n1. The van der Waals surface area contributed by atoms with Gasteiger partial charge in [-0.3, -0.25) is 4.79 Å². The molecule has 0 aliphatic heterocycles. The number of methoxy groups -OCH3 is 1. The number of hydrogen-bond acceptors (Lipinski definition) is 6. The standard InChI is InChI=1S/C6H9N3O4S2/c1-13-5(10)2-4-3-14-6(8-4)9-15(7,11)12/h3H,2H2,1H3,(H,8,9)(H2,7,11,12). The molecule has 15 heavy (non-hydrogen) atoms. The van der Waals surface area contributed by atoms with E-state index < -0.39 is 16.2 Å². The van der Waals surface area contributed by atoms with Crippen LogP contribution in [-0.2, 0) is 26.2 Å². The molecule has 7 nitrogen and oxygen atoms in total. The number of carbonyl (C=O) groups excluding carboxylic acids is 1. The first kappa shape index (κ1) is 11.9. The van der Waals surface area contributed by atoms with Crippen molar-refractivity contribution in [2.45, 2.75) is 6.42 Å². The molecule has 1 heterocycles. The topological polar surface area (TPSA) is 111 Å². The highest BCUT2D eigenvalue weighted by atomic mass is 32.2. The predicted molar refractivity (Wildman–Crippen MR) is 54.6 cm³/mol. The summed E-state index contributed by atoms with van der Waals surface area (Å²) in [4.78, 5) is 14.7. The van der Waals surface area contributed by atoms with Crippen LogP contribution in [0.25, 0.3) is 0 Å². The summed E-state index contributed by atoms with van der Waals surface area (Å²) in [6.07, 6.45) is -0.000695. The van der Waals surface area contributed by atoms with Gasteiger partial charge in [-0.1, -0.05) is 0 Å². The lowest BCUT2D eigenvalue weighted by atomic mass is 10.3. The van der Waals surface area contributed by atoms with Gasteiger partial charge in [-0.2, -0.15) is 8.42 Å². The molecule has 1 aromatic heterocycles. The number of esters is 1. The summed E-state index contributed by atoms with van der Waals surface area (Å²) in [7, 11) is -2.55. The Kier molecular flexibility index (Phi) is 3.61. The predicted octanol–water partition coefficient (Wildman–Crippen LogP) is -0.526. The highest BCUT2D eigenvalue weighted by molar-refractivity contribution is 7.90. The van der Waals surface area contributed by atoms with Crippen molar-refractivity contribution in [2.75, 3.05) is 11.8 Å². The lowest BCUT2D eigenvalue weighted by Gasteiger charge is -1.96. The number of ether oxygens (including phenoxy) is 1. The number of nitrogens with zero attached hydrogens (tertiary/aromatic N) is 1. The maximum Gasteiger partial charge on any atom is 0.311 e. The van der Waals surface area contributed by atoms with Gasteiger partial charge >= 0.3 is 5.97 Å². The number of nitrogens with one attached hydrogen (secondary N) is 1. The zero-order valence-electron chi connectivity index (χ0n) is 7.76. The van der Waals surface area contributed by atoms with Gasteiger partial charge in [-0.05, 0) is 0 Å². The van der Waals surface area contributed by atoms with Crippen molar-refractivity contribution in [2.24, 2.45) is 5.14 Å². The van der Waals surface area contributed by atoms with Crippen molar-refractivity contribution < 1.29 is 17.9 Å². The van der Waals surface area contributed by atoms with Gasteiger partial charge in [0.05, 0.1) is 19.2 Å². The molecule has 0 fully saturated rings. The van der Waals surface area contributed by atoms with Crippen molar-refractivity contribution >= 4 is 32.6 Å². The second kappa shape index (κ2) is 4.55. The monoisotopic (exact) mass is 251 g/mol. The molecule has 0 radical (unpaired) electrons. The summed E-state index contributed by atoms with van der Waals surface area (Å²) in [6.45, 7) is 0. The molecule has 3 N–H and O–H groups in total. The largest absolute Gasteiger partial charge is 0.469 e. The van der Waals surface area contributed by atoms with E-state index in [2.05, 4.69) is 9.72 Å². The minimum absolute atomic E-state index is 0.000695. The van der Waals surface area contributed by atoms with Crippen LogP contribution in [0.2, 0.25) is 0 Å². The molecular weight excluding hydrogens is 242 g/mol. The molecule has 0 spiro atoms. The Hall–Kier alpha value is -1.19. The van der Waals surface area contributed by atoms with E-state index in [-0.39, 0.29) is 11.6 Å². The molecule has 0 amide bonds. The van der Waals surface area contributed by atoms with Crippen LogP contribution in [-0.4, -0.2) is 26.5 Å².